The van der Waals surface area contributed by atoms with Crippen LogP contribution >= 0.6 is 11.3 Å². The minimum absolute atomic E-state index is 0.0569. The summed E-state index contributed by atoms with van der Waals surface area (Å²) in [5, 5.41) is 12.6. The van der Waals surface area contributed by atoms with E-state index in [1.54, 1.807) is 30.3 Å². The molecule has 0 saturated carbocycles. The highest BCUT2D eigenvalue weighted by Gasteiger charge is 2.15. The van der Waals surface area contributed by atoms with Crippen LogP contribution in [0.4, 0.5) is 5.13 Å². The van der Waals surface area contributed by atoms with Gasteiger partial charge in [-0.15, -0.1) is 0 Å². The van der Waals surface area contributed by atoms with E-state index in [1.807, 2.05) is 27.7 Å². The number of rotatable bonds is 9. The zero-order chi connectivity index (χ0) is 23.3. The highest BCUT2D eigenvalue weighted by molar-refractivity contribution is 7.17. The maximum Gasteiger partial charge on any atom is 0.335 e. The second kappa shape index (κ2) is 10.1. The standard InChI is InChI=1S/C23H24N2O6S/c1-13(2)29-18-9-16(10-19(11-18)30-14(3)4)21(26)25-23-24-12-20(32-23)31-17-7-5-6-15(8-17)22(27)28/h5-14H,1-4H3,(H,27,28)(H,24,25,26). The molecular formula is C23H24N2O6S. The Balaban J connectivity index is 1.74. The average molecular weight is 457 g/mol. The van der Waals surface area contributed by atoms with Gasteiger partial charge in [-0.05, 0) is 58.0 Å². The number of anilines is 1. The number of nitrogens with zero attached hydrogens (tertiary/aromatic N) is 1. The van der Waals surface area contributed by atoms with Gasteiger partial charge in [-0.2, -0.15) is 0 Å². The molecule has 8 nitrogen and oxygen atoms in total. The van der Waals surface area contributed by atoms with Crippen LogP contribution in [-0.2, 0) is 0 Å². The van der Waals surface area contributed by atoms with Crippen molar-refractivity contribution < 1.29 is 28.9 Å². The van der Waals surface area contributed by atoms with E-state index in [0.717, 1.165) is 11.3 Å². The lowest BCUT2D eigenvalue weighted by atomic mass is 10.2. The molecule has 2 N–H and O–H groups in total. The van der Waals surface area contributed by atoms with Gasteiger partial charge in [-0.1, -0.05) is 17.4 Å². The van der Waals surface area contributed by atoms with Gasteiger partial charge in [0.2, 0.25) is 5.06 Å². The van der Waals surface area contributed by atoms with E-state index >= 15 is 0 Å². The third-order valence-corrected chi connectivity index (χ3v) is 4.68. The molecule has 1 amide bonds. The van der Waals surface area contributed by atoms with Gasteiger partial charge in [0, 0.05) is 11.6 Å². The summed E-state index contributed by atoms with van der Waals surface area (Å²) in [6.07, 6.45) is 1.34. The molecule has 3 rings (SSSR count). The molecule has 0 atom stereocenters. The van der Waals surface area contributed by atoms with Crippen molar-refractivity contribution in [3.63, 3.8) is 0 Å². The van der Waals surface area contributed by atoms with Crippen LogP contribution in [0.2, 0.25) is 0 Å². The van der Waals surface area contributed by atoms with Crippen molar-refractivity contribution >= 4 is 28.3 Å². The second-order valence-corrected chi connectivity index (χ2v) is 8.39. The van der Waals surface area contributed by atoms with Gasteiger partial charge in [0.05, 0.1) is 24.0 Å². The first-order valence-corrected chi connectivity index (χ1v) is 10.8. The van der Waals surface area contributed by atoms with Crippen molar-refractivity contribution in [2.75, 3.05) is 5.32 Å². The van der Waals surface area contributed by atoms with E-state index in [2.05, 4.69) is 10.3 Å². The Morgan fingerprint density at radius 3 is 2.16 bits per heavy atom. The number of thiazole rings is 1. The van der Waals surface area contributed by atoms with Crippen molar-refractivity contribution in [3.05, 3.63) is 59.8 Å². The Kier molecular flexibility index (Phi) is 7.32. The van der Waals surface area contributed by atoms with E-state index in [1.165, 1.54) is 18.3 Å². The molecule has 9 heteroatoms. The number of hydrogen-bond acceptors (Lipinski definition) is 7. The zero-order valence-corrected chi connectivity index (χ0v) is 18.9. The fourth-order valence-corrected chi connectivity index (χ4v) is 3.41. The van der Waals surface area contributed by atoms with Crippen molar-refractivity contribution in [1.82, 2.24) is 4.98 Å². The van der Waals surface area contributed by atoms with Crippen LogP contribution in [0.25, 0.3) is 0 Å². The topological polar surface area (TPSA) is 107 Å². The molecule has 0 aliphatic rings. The number of ether oxygens (including phenoxy) is 3. The summed E-state index contributed by atoms with van der Waals surface area (Å²) in [6, 6.07) is 11.2. The quantitative estimate of drug-likeness (QED) is 0.440. The van der Waals surface area contributed by atoms with Gasteiger partial charge in [0.15, 0.2) is 5.13 Å². The number of carboxylic acids is 1. The molecule has 32 heavy (non-hydrogen) atoms. The lowest BCUT2D eigenvalue weighted by Gasteiger charge is -2.15. The third-order valence-electron chi connectivity index (χ3n) is 3.89. The number of hydrogen-bond donors (Lipinski definition) is 2. The average Bonchev–Trinajstić information content (AvgIpc) is 3.13. The van der Waals surface area contributed by atoms with Crippen LogP contribution in [-0.4, -0.2) is 34.2 Å². The normalized spacial score (nSPS) is 10.8. The molecule has 0 unspecified atom stereocenters. The predicted molar refractivity (Wildman–Crippen MR) is 122 cm³/mol. The van der Waals surface area contributed by atoms with Crippen molar-refractivity contribution in [3.8, 4) is 22.3 Å². The van der Waals surface area contributed by atoms with Gasteiger partial charge >= 0.3 is 5.97 Å². The highest BCUT2D eigenvalue weighted by Crippen LogP contribution is 2.31. The van der Waals surface area contributed by atoms with Crippen molar-refractivity contribution in [2.45, 2.75) is 39.9 Å². The van der Waals surface area contributed by atoms with Gasteiger partial charge in [-0.3, -0.25) is 10.1 Å². The van der Waals surface area contributed by atoms with Gasteiger partial charge in [0.25, 0.3) is 5.91 Å². The van der Waals surface area contributed by atoms with E-state index in [9.17, 15) is 9.59 Å². The summed E-state index contributed by atoms with van der Waals surface area (Å²) >= 11 is 1.12. The first-order valence-electron chi connectivity index (χ1n) is 9.96. The number of nitrogens with one attached hydrogen (secondary N) is 1. The minimum Gasteiger partial charge on any atom is -0.491 e. The van der Waals surface area contributed by atoms with Crippen LogP contribution in [0.1, 0.15) is 48.4 Å². The molecule has 1 aromatic heterocycles. The smallest absolute Gasteiger partial charge is 0.335 e. The molecule has 0 saturated heterocycles. The van der Waals surface area contributed by atoms with E-state index < -0.39 is 5.97 Å². The zero-order valence-electron chi connectivity index (χ0n) is 18.1. The minimum atomic E-state index is -1.04. The van der Waals surface area contributed by atoms with Crippen molar-refractivity contribution in [1.29, 1.82) is 0 Å². The maximum absolute atomic E-state index is 12.8. The Morgan fingerprint density at radius 1 is 0.938 bits per heavy atom. The molecular weight excluding hydrogens is 432 g/mol. The molecule has 1 heterocycles. The lowest BCUT2D eigenvalue weighted by molar-refractivity contribution is 0.0696. The predicted octanol–water partition coefficient (Wildman–Crippen LogP) is 5.46. The van der Waals surface area contributed by atoms with Gasteiger partial charge < -0.3 is 19.3 Å². The number of aromatic carboxylic acids is 1. The molecule has 0 radical (unpaired) electrons. The van der Waals surface area contributed by atoms with Crippen LogP contribution < -0.4 is 19.5 Å². The number of aromatic nitrogens is 1. The van der Waals surface area contributed by atoms with Crippen LogP contribution in [0.15, 0.2) is 48.7 Å². The summed E-state index contributed by atoms with van der Waals surface area (Å²) in [5.41, 5.74) is 0.481. The lowest BCUT2D eigenvalue weighted by Crippen LogP contribution is -2.14. The van der Waals surface area contributed by atoms with E-state index in [-0.39, 0.29) is 23.7 Å². The second-order valence-electron chi connectivity index (χ2n) is 7.40. The van der Waals surface area contributed by atoms with Crippen LogP contribution in [0.5, 0.6) is 22.3 Å². The Hall–Kier alpha value is -3.59. The monoisotopic (exact) mass is 456 g/mol. The SMILES string of the molecule is CC(C)Oc1cc(OC(C)C)cc(C(=O)Nc2ncc(Oc3cccc(C(=O)O)c3)s2)c1. The summed E-state index contributed by atoms with van der Waals surface area (Å²) in [5.74, 6) is 0.00812. The first kappa shape index (κ1) is 23.1. The van der Waals surface area contributed by atoms with E-state index in [4.69, 9.17) is 19.3 Å². The Morgan fingerprint density at radius 2 is 1.56 bits per heavy atom. The molecule has 0 spiro atoms. The first-order chi connectivity index (χ1) is 15.2. The van der Waals surface area contributed by atoms with Crippen LogP contribution in [0, 0.1) is 0 Å². The fourth-order valence-electron chi connectivity index (χ4n) is 2.73. The number of carbonyl (C=O) groups is 2. The molecule has 0 aliphatic carbocycles. The summed E-state index contributed by atoms with van der Waals surface area (Å²) in [4.78, 5) is 28.1. The number of benzene rings is 2. The molecule has 0 aliphatic heterocycles. The maximum atomic E-state index is 12.8. The van der Waals surface area contributed by atoms with Gasteiger partial charge in [0.1, 0.15) is 17.2 Å². The molecule has 2 aromatic carbocycles. The summed E-state index contributed by atoms with van der Waals surface area (Å²) in [6.45, 7) is 7.61. The number of carboxylic acid groups (broad SMARTS) is 1. The fraction of sp³-hybridized carbons (Fsp3) is 0.261. The highest BCUT2D eigenvalue weighted by atomic mass is 32.1. The summed E-state index contributed by atoms with van der Waals surface area (Å²) in [7, 11) is 0. The molecule has 168 valence electrons. The summed E-state index contributed by atoms with van der Waals surface area (Å²) < 4.78 is 17.1. The molecule has 3 aromatic rings. The molecule has 0 bridgehead atoms. The largest absolute Gasteiger partial charge is 0.491 e. The van der Waals surface area contributed by atoms with Crippen LogP contribution in [0.3, 0.4) is 0 Å². The molecule has 0 fully saturated rings. The Labute approximate surface area is 189 Å². The Bertz CT molecular complexity index is 1080. The number of amides is 1. The number of carbonyl (C=O) groups excluding carboxylic acids is 1. The third kappa shape index (κ3) is 6.45. The van der Waals surface area contributed by atoms with Crippen molar-refractivity contribution in [2.24, 2.45) is 0 Å². The van der Waals surface area contributed by atoms with E-state index in [0.29, 0.717) is 33.0 Å². The van der Waals surface area contributed by atoms with Gasteiger partial charge in [-0.25, -0.2) is 9.78 Å².